The van der Waals surface area contributed by atoms with E-state index in [1.165, 1.54) is 13.2 Å². The molecule has 17 heavy (non-hydrogen) atoms. The Hall–Kier alpha value is -1.62. The highest BCUT2D eigenvalue weighted by Gasteiger charge is 2.16. The zero-order valence-electron chi connectivity index (χ0n) is 10.1. The van der Waals surface area contributed by atoms with Gasteiger partial charge < -0.3 is 14.7 Å². The van der Waals surface area contributed by atoms with Crippen LogP contribution in [0.15, 0.2) is 18.2 Å². The maximum Gasteiger partial charge on any atom is 0.335 e. The second-order valence-corrected chi connectivity index (χ2v) is 3.92. The molecule has 0 amide bonds. The third-order valence-electron chi connectivity index (χ3n) is 2.40. The number of anilines is 1. The molecule has 0 bridgehead atoms. The lowest BCUT2D eigenvalue weighted by Crippen LogP contribution is -2.24. The minimum atomic E-state index is -1.26. The zero-order valence-corrected chi connectivity index (χ0v) is 10.1. The summed E-state index contributed by atoms with van der Waals surface area (Å²) >= 11 is 0. The van der Waals surface area contributed by atoms with E-state index in [9.17, 15) is 14.3 Å². The number of carbonyl (C=O) groups is 1. The summed E-state index contributed by atoms with van der Waals surface area (Å²) in [6.45, 7) is 0. The van der Waals surface area contributed by atoms with E-state index in [1.54, 1.807) is 31.1 Å². The van der Waals surface area contributed by atoms with E-state index in [-0.39, 0.29) is 12.2 Å². The number of halogens is 1. The average molecular weight is 241 g/mol. The van der Waals surface area contributed by atoms with E-state index in [4.69, 9.17) is 0 Å². The SMILES string of the molecule is COC(=O)C(O)Cc1ccc(N(C)C)c(F)c1. The highest BCUT2D eigenvalue weighted by molar-refractivity contribution is 5.74. The standard InChI is InChI=1S/C12H16FNO3/c1-14(2)10-5-4-8(6-9(10)13)7-11(15)12(16)17-3/h4-6,11,15H,7H2,1-3H3. The molecule has 1 N–H and O–H groups in total. The maximum absolute atomic E-state index is 13.6. The molecule has 5 heteroatoms. The third-order valence-corrected chi connectivity index (χ3v) is 2.40. The average Bonchev–Trinajstić information content (AvgIpc) is 2.27. The lowest BCUT2D eigenvalue weighted by molar-refractivity contribution is -0.150. The van der Waals surface area contributed by atoms with Crippen molar-refractivity contribution in [2.45, 2.75) is 12.5 Å². The largest absolute Gasteiger partial charge is 0.467 e. The van der Waals surface area contributed by atoms with Gasteiger partial charge in [0.15, 0.2) is 6.10 Å². The van der Waals surface area contributed by atoms with Crippen LogP contribution in [0.5, 0.6) is 0 Å². The predicted octanol–water partition coefficient (Wildman–Crippen LogP) is 0.968. The van der Waals surface area contributed by atoms with Gasteiger partial charge in [0.1, 0.15) is 5.82 Å². The molecule has 1 aromatic carbocycles. The Morgan fingerprint density at radius 2 is 2.18 bits per heavy atom. The van der Waals surface area contributed by atoms with Gasteiger partial charge in [0, 0.05) is 20.5 Å². The summed E-state index contributed by atoms with van der Waals surface area (Å²) in [7, 11) is 4.67. The van der Waals surface area contributed by atoms with Gasteiger partial charge in [-0.3, -0.25) is 0 Å². The summed E-state index contributed by atoms with van der Waals surface area (Å²) in [6, 6.07) is 4.58. The van der Waals surface area contributed by atoms with Crippen LogP contribution in [-0.4, -0.2) is 38.4 Å². The van der Waals surface area contributed by atoms with Gasteiger partial charge in [-0.1, -0.05) is 6.07 Å². The van der Waals surface area contributed by atoms with E-state index in [1.807, 2.05) is 0 Å². The molecule has 0 fully saturated rings. The molecule has 0 radical (unpaired) electrons. The van der Waals surface area contributed by atoms with Crippen molar-refractivity contribution in [1.29, 1.82) is 0 Å². The predicted molar refractivity (Wildman–Crippen MR) is 62.5 cm³/mol. The summed E-state index contributed by atoms with van der Waals surface area (Å²) in [5.74, 6) is -1.10. The summed E-state index contributed by atoms with van der Waals surface area (Å²) < 4.78 is 18.0. The number of rotatable bonds is 4. The smallest absolute Gasteiger partial charge is 0.335 e. The fourth-order valence-corrected chi connectivity index (χ4v) is 1.48. The highest BCUT2D eigenvalue weighted by atomic mass is 19.1. The number of ether oxygens (including phenoxy) is 1. The van der Waals surface area contributed by atoms with Crippen LogP contribution < -0.4 is 4.90 Å². The normalized spacial score (nSPS) is 12.1. The first-order valence-electron chi connectivity index (χ1n) is 5.17. The number of nitrogens with zero attached hydrogens (tertiary/aromatic N) is 1. The number of esters is 1. The van der Waals surface area contributed by atoms with Crippen LogP contribution in [0.4, 0.5) is 10.1 Å². The van der Waals surface area contributed by atoms with E-state index < -0.39 is 12.1 Å². The molecular formula is C12H16FNO3. The molecule has 0 spiro atoms. The fourth-order valence-electron chi connectivity index (χ4n) is 1.48. The van der Waals surface area contributed by atoms with Crippen molar-refractivity contribution < 1.29 is 19.0 Å². The Balaban J connectivity index is 2.81. The van der Waals surface area contributed by atoms with Crippen molar-refractivity contribution in [2.75, 3.05) is 26.1 Å². The molecule has 0 saturated carbocycles. The van der Waals surface area contributed by atoms with Gasteiger partial charge in [-0.05, 0) is 17.7 Å². The molecule has 0 aliphatic carbocycles. The van der Waals surface area contributed by atoms with Crippen LogP contribution in [0.25, 0.3) is 0 Å². The second kappa shape index (κ2) is 5.63. The fraction of sp³-hybridized carbons (Fsp3) is 0.417. The van der Waals surface area contributed by atoms with Crippen LogP contribution in [0.2, 0.25) is 0 Å². The first-order chi connectivity index (χ1) is 7.95. The second-order valence-electron chi connectivity index (χ2n) is 3.92. The van der Waals surface area contributed by atoms with Gasteiger partial charge in [0.2, 0.25) is 0 Å². The minimum Gasteiger partial charge on any atom is -0.467 e. The number of methoxy groups -OCH3 is 1. The number of hydrogen-bond acceptors (Lipinski definition) is 4. The van der Waals surface area contributed by atoms with Crippen LogP contribution in [0.1, 0.15) is 5.56 Å². The molecular weight excluding hydrogens is 225 g/mol. The molecule has 94 valence electrons. The number of aliphatic hydroxyl groups excluding tert-OH is 1. The molecule has 1 atom stereocenters. The molecule has 0 heterocycles. The van der Waals surface area contributed by atoms with Crippen LogP contribution in [0.3, 0.4) is 0 Å². The van der Waals surface area contributed by atoms with Crippen molar-refractivity contribution >= 4 is 11.7 Å². The number of benzene rings is 1. The van der Waals surface area contributed by atoms with Gasteiger partial charge >= 0.3 is 5.97 Å². The molecule has 1 unspecified atom stereocenters. The zero-order chi connectivity index (χ0) is 13.0. The Bertz CT molecular complexity index is 407. The van der Waals surface area contributed by atoms with Gasteiger partial charge in [-0.2, -0.15) is 0 Å². The van der Waals surface area contributed by atoms with Crippen molar-refractivity contribution in [1.82, 2.24) is 0 Å². The molecule has 0 aromatic heterocycles. The summed E-state index contributed by atoms with van der Waals surface area (Å²) in [5, 5.41) is 9.43. The number of carbonyl (C=O) groups excluding carboxylic acids is 1. The van der Waals surface area contributed by atoms with Crippen LogP contribution in [-0.2, 0) is 16.0 Å². The molecule has 1 aromatic rings. The Kier molecular flexibility index (Phi) is 4.45. The monoisotopic (exact) mass is 241 g/mol. The highest BCUT2D eigenvalue weighted by Crippen LogP contribution is 2.19. The van der Waals surface area contributed by atoms with Crippen molar-refractivity contribution in [3.63, 3.8) is 0 Å². The lowest BCUT2D eigenvalue weighted by Gasteiger charge is -2.15. The van der Waals surface area contributed by atoms with E-state index in [0.717, 1.165) is 0 Å². The minimum absolute atomic E-state index is 0.0390. The van der Waals surface area contributed by atoms with Crippen molar-refractivity contribution in [3.8, 4) is 0 Å². The van der Waals surface area contributed by atoms with E-state index >= 15 is 0 Å². The van der Waals surface area contributed by atoms with Gasteiger partial charge in [0.05, 0.1) is 12.8 Å². The Morgan fingerprint density at radius 1 is 1.53 bits per heavy atom. The number of aliphatic hydroxyl groups is 1. The maximum atomic E-state index is 13.6. The molecule has 4 nitrogen and oxygen atoms in total. The molecule has 0 aliphatic heterocycles. The lowest BCUT2D eigenvalue weighted by atomic mass is 10.1. The van der Waals surface area contributed by atoms with Crippen molar-refractivity contribution in [3.05, 3.63) is 29.6 Å². The Morgan fingerprint density at radius 3 is 2.65 bits per heavy atom. The van der Waals surface area contributed by atoms with Gasteiger partial charge in [-0.15, -0.1) is 0 Å². The summed E-state index contributed by atoms with van der Waals surface area (Å²) in [5.41, 5.74) is 1.01. The van der Waals surface area contributed by atoms with E-state index in [0.29, 0.717) is 11.3 Å². The van der Waals surface area contributed by atoms with E-state index in [2.05, 4.69) is 4.74 Å². The quantitative estimate of drug-likeness (QED) is 0.798. The first-order valence-corrected chi connectivity index (χ1v) is 5.17. The topological polar surface area (TPSA) is 49.8 Å². The molecule has 1 rings (SSSR count). The Labute approximate surface area is 99.6 Å². The summed E-state index contributed by atoms with van der Waals surface area (Å²) in [4.78, 5) is 12.7. The molecule has 0 aliphatic rings. The summed E-state index contributed by atoms with van der Waals surface area (Å²) in [6.07, 6.45) is -1.22. The van der Waals surface area contributed by atoms with Gasteiger partial charge in [0.25, 0.3) is 0 Å². The first kappa shape index (κ1) is 13.4. The van der Waals surface area contributed by atoms with Crippen LogP contribution >= 0.6 is 0 Å². The third kappa shape index (κ3) is 3.42. The van der Waals surface area contributed by atoms with Crippen molar-refractivity contribution in [2.24, 2.45) is 0 Å². The molecule has 0 saturated heterocycles. The number of hydrogen-bond donors (Lipinski definition) is 1. The van der Waals surface area contributed by atoms with Gasteiger partial charge in [-0.25, -0.2) is 9.18 Å². The van der Waals surface area contributed by atoms with Crippen LogP contribution in [0, 0.1) is 5.82 Å².